The zero-order chi connectivity index (χ0) is 21.6. The summed E-state index contributed by atoms with van der Waals surface area (Å²) in [6.07, 6.45) is -0.329. The van der Waals surface area contributed by atoms with Gasteiger partial charge in [-0.05, 0) is 36.6 Å². The molecule has 3 rings (SSSR count). The van der Waals surface area contributed by atoms with Crippen molar-refractivity contribution in [1.82, 2.24) is 14.9 Å². The third kappa shape index (κ3) is 5.24. The average Bonchev–Trinajstić information content (AvgIpc) is 2.77. The van der Waals surface area contributed by atoms with E-state index in [0.29, 0.717) is 13.0 Å². The molecule has 2 amide bonds. The molecule has 0 aromatic heterocycles. The highest BCUT2D eigenvalue weighted by molar-refractivity contribution is 7.89. The predicted molar refractivity (Wildman–Crippen MR) is 111 cm³/mol. The molecule has 1 fully saturated rings. The van der Waals surface area contributed by atoms with Crippen molar-refractivity contribution >= 4 is 21.8 Å². The van der Waals surface area contributed by atoms with Crippen molar-refractivity contribution in [1.29, 1.82) is 0 Å². The number of aryl methyl sites for hydroxylation is 1. The second-order valence-corrected chi connectivity index (χ2v) is 8.82. The van der Waals surface area contributed by atoms with Crippen molar-refractivity contribution in [2.24, 2.45) is 0 Å². The Morgan fingerprint density at radius 2 is 1.70 bits per heavy atom. The van der Waals surface area contributed by atoms with Crippen LogP contribution in [0.25, 0.3) is 0 Å². The SMILES string of the molecule is Cc1ccccc1CNC(=O)C(=O)NC[C@H]1OCCCN1S(=O)(=O)c1ccccc1. The Morgan fingerprint density at radius 1 is 1.03 bits per heavy atom. The maximum Gasteiger partial charge on any atom is 0.309 e. The van der Waals surface area contributed by atoms with Crippen LogP contribution >= 0.6 is 0 Å². The van der Waals surface area contributed by atoms with Gasteiger partial charge in [-0.15, -0.1) is 0 Å². The summed E-state index contributed by atoms with van der Waals surface area (Å²) in [6.45, 7) is 2.68. The van der Waals surface area contributed by atoms with Crippen LogP contribution in [0.5, 0.6) is 0 Å². The van der Waals surface area contributed by atoms with Crippen molar-refractivity contribution in [3.63, 3.8) is 0 Å². The molecule has 1 aliphatic heterocycles. The van der Waals surface area contributed by atoms with E-state index in [9.17, 15) is 18.0 Å². The smallest absolute Gasteiger partial charge is 0.309 e. The molecule has 9 heteroatoms. The Bertz CT molecular complexity index is 995. The molecule has 30 heavy (non-hydrogen) atoms. The normalized spacial score (nSPS) is 17.3. The number of ether oxygens (including phenoxy) is 1. The van der Waals surface area contributed by atoms with Gasteiger partial charge < -0.3 is 15.4 Å². The van der Waals surface area contributed by atoms with Gasteiger partial charge in [0.05, 0.1) is 18.0 Å². The number of benzene rings is 2. The Kier molecular flexibility index (Phi) is 7.20. The lowest BCUT2D eigenvalue weighted by molar-refractivity contribution is -0.140. The lowest BCUT2D eigenvalue weighted by Crippen LogP contribution is -2.53. The van der Waals surface area contributed by atoms with Gasteiger partial charge in [-0.3, -0.25) is 9.59 Å². The van der Waals surface area contributed by atoms with Gasteiger partial charge in [0.1, 0.15) is 6.23 Å². The lowest BCUT2D eigenvalue weighted by atomic mass is 10.1. The highest BCUT2D eigenvalue weighted by Crippen LogP contribution is 2.21. The van der Waals surface area contributed by atoms with E-state index in [0.717, 1.165) is 11.1 Å². The highest BCUT2D eigenvalue weighted by atomic mass is 32.2. The molecule has 2 aromatic rings. The number of hydrogen-bond acceptors (Lipinski definition) is 5. The molecule has 2 N–H and O–H groups in total. The second-order valence-electron chi connectivity index (χ2n) is 6.93. The number of carbonyl (C=O) groups is 2. The van der Waals surface area contributed by atoms with E-state index in [1.165, 1.54) is 16.4 Å². The molecule has 0 unspecified atom stereocenters. The van der Waals surface area contributed by atoms with Crippen LogP contribution in [0.2, 0.25) is 0 Å². The summed E-state index contributed by atoms with van der Waals surface area (Å²) < 4.78 is 32.6. The fourth-order valence-corrected chi connectivity index (χ4v) is 4.74. The van der Waals surface area contributed by atoms with Crippen LogP contribution in [0, 0.1) is 6.92 Å². The summed E-state index contributed by atoms with van der Waals surface area (Å²) in [7, 11) is -3.77. The molecular formula is C21H25N3O5S. The average molecular weight is 432 g/mol. The Hall–Kier alpha value is -2.75. The van der Waals surface area contributed by atoms with Crippen molar-refractivity contribution < 1.29 is 22.7 Å². The van der Waals surface area contributed by atoms with Crippen LogP contribution in [-0.4, -0.2) is 50.5 Å². The van der Waals surface area contributed by atoms with E-state index in [4.69, 9.17) is 4.74 Å². The topological polar surface area (TPSA) is 105 Å². The van der Waals surface area contributed by atoms with E-state index >= 15 is 0 Å². The molecular weight excluding hydrogens is 406 g/mol. The summed E-state index contributed by atoms with van der Waals surface area (Å²) in [6, 6.07) is 15.6. The molecule has 0 aliphatic carbocycles. The highest BCUT2D eigenvalue weighted by Gasteiger charge is 2.34. The van der Waals surface area contributed by atoms with Crippen LogP contribution in [-0.2, 0) is 30.9 Å². The van der Waals surface area contributed by atoms with Crippen LogP contribution in [0.3, 0.4) is 0 Å². The van der Waals surface area contributed by atoms with Gasteiger partial charge in [-0.1, -0.05) is 42.5 Å². The minimum atomic E-state index is -3.77. The van der Waals surface area contributed by atoms with E-state index in [1.54, 1.807) is 18.2 Å². The number of amides is 2. The fourth-order valence-electron chi connectivity index (χ4n) is 3.15. The standard InChI is InChI=1S/C21H25N3O5S/c1-16-8-5-6-9-17(16)14-22-20(25)21(26)23-15-19-24(12-7-13-29-19)30(27,28)18-10-3-2-4-11-18/h2-6,8-11,19H,7,12-15H2,1H3,(H,22,25)(H,23,26)/t19-/m1/s1. The number of nitrogens with one attached hydrogen (secondary N) is 2. The van der Waals surface area contributed by atoms with Crippen LogP contribution in [0.4, 0.5) is 0 Å². The van der Waals surface area contributed by atoms with Crippen LogP contribution in [0.1, 0.15) is 17.5 Å². The molecule has 1 aliphatic rings. The number of nitrogens with zero attached hydrogens (tertiary/aromatic N) is 1. The van der Waals surface area contributed by atoms with Gasteiger partial charge in [0.2, 0.25) is 10.0 Å². The van der Waals surface area contributed by atoms with E-state index < -0.39 is 28.1 Å². The maximum absolute atomic E-state index is 12.9. The molecule has 1 heterocycles. The van der Waals surface area contributed by atoms with Gasteiger partial charge in [0.15, 0.2) is 0 Å². The van der Waals surface area contributed by atoms with Gasteiger partial charge in [-0.2, -0.15) is 4.31 Å². The van der Waals surface area contributed by atoms with E-state index in [-0.39, 0.29) is 24.5 Å². The molecule has 0 spiro atoms. The number of sulfonamides is 1. The summed E-state index contributed by atoms with van der Waals surface area (Å²) in [5, 5.41) is 5.05. The monoisotopic (exact) mass is 431 g/mol. The zero-order valence-electron chi connectivity index (χ0n) is 16.7. The second kappa shape index (κ2) is 9.84. The van der Waals surface area contributed by atoms with E-state index in [1.807, 2.05) is 31.2 Å². The van der Waals surface area contributed by atoms with E-state index in [2.05, 4.69) is 10.6 Å². The zero-order valence-corrected chi connectivity index (χ0v) is 17.5. The predicted octanol–water partition coefficient (Wildman–Crippen LogP) is 1.16. The first-order chi connectivity index (χ1) is 14.4. The molecule has 0 saturated carbocycles. The third-order valence-corrected chi connectivity index (χ3v) is 6.75. The quantitative estimate of drug-likeness (QED) is 0.668. The number of rotatable bonds is 6. The van der Waals surface area contributed by atoms with Crippen LogP contribution < -0.4 is 10.6 Å². The largest absolute Gasteiger partial charge is 0.360 e. The first-order valence-corrected chi connectivity index (χ1v) is 11.1. The summed E-state index contributed by atoms with van der Waals surface area (Å²) in [5.41, 5.74) is 1.92. The molecule has 1 saturated heterocycles. The fraction of sp³-hybridized carbons (Fsp3) is 0.333. The molecule has 160 valence electrons. The first-order valence-electron chi connectivity index (χ1n) is 9.68. The van der Waals surface area contributed by atoms with Gasteiger partial charge in [0, 0.05) is 13.1 Å². The Labute approximate surface area is 176 Å². The summed E-state index contributed by atoms with van der Waals surface area (Å²) in [5.74, 6) is -1.62. The number of hydrogen-bond donors (Lipinski definition) is 2. The molecule has 2 aromatic carbocycles. The number of carbonyl (C=O) groups excluding carboxylic acids is 2. The van der Waals surface area contributed by atoms with Crippen LogP contribution in [0.15, 0.2) is 59.5 Å². The summed E-state index contributed by atoms with van der Waals surface area (Å²) >= 11 is 0. The minimum absolute atomic E-state index is 0.122. The molecule has 8 nitrogen and oxygen atoms in total. The molecule has 0 radical (unpaired) electrons. The van der Waals surface area contributed by atoms with Crippen molar-refractivity contribution in [3.05, 3.63) is 65.7 Å². The van der Waals surface area contributed by atoms with Crippen molar-refractivity contribution in [3.8, 4) is 0 Å². The van der Waals surface area contributed by atoms with Crippen molar-refractivity contribution in [2.75, 3.05) is 19.7 Å². The Morgan fingerprint density at radius 3 is 2.43 bits per heavy atom. The molecule has 0 bridgehead atoms. The van der Waals surface area contributed by atoms with Crippen molar-refractivity contribution in [2.45, 2.75) is 31.0 Å². The lowest BCUT2D eigenvalue weighted by Gasteiger charge is -2.34. The maximum atomic E-state index is 12.9. The summed E-state index contributed by atoms with van der Waals surface area (Å²) in [4.78, 5) is 24.4. The first kappa shape index (κ1) is 21.9. The van der Waals surface area contributed by atoms with Gasteiger partial charge in [0.25, 0.3) is 0 Å². The third-order valence-electron chi connectivity index (χ3n) is 4.85. The van der Waals surface area contributed by atoms with Gasteiger partial charge in [-0.25, -0.2) is 8.42 Å². The molecule has 1 atom stereocenters. The minimum Gasteiger partial charge on any atom is -0.360 e. The Balaban J connectivity index is 1.58. The van der Waals surface area contributed by atoms with Gasteiger partial charge >= 0.3 is 11.8 Å².